The van der Waals surface area contributed by atoms with Crippen LogP contribution in [0.1, 0.15) is 23.3 Å². The average molecular weight is 241 g/mol. The zero-order valence-electron chi connectivity index (χ0n) is 11.3. The second-order valence-corrected chi connectivity index (χ2v) is 5.35. The molecule has 1 aromatic heterocycles. The van der Waals surface area contributed by atoms with Gasteiger partial charge in [-0.25, -0.2) is 0 Å². The standard InChI is InChI=1S/C16H19NO/c1-11-8-12(2)15-14(9-11)10-18-16(15)13-4-6-17(3)7-5-13/h4,8-10H,5-7H2,1-3H3. The molecule has 2 aromatic rings. The summed E-state index contributed by atoms with van der Waals surface area (Å²) < 4.78 is 5.84. The predicted octanol–water partition coefficient (Wildman–Crippen LogP) is 3.77. The SMILES string of the molecule is Cc1cc(C)c2c(C3=CCN(C)CC3)occ2c1. The maximum atomic E-state index is 5.84. The number of nitrogens with zero attached hydrogens (tertiary/aromatic N) is 1. The van der Waals surface area contributed by atoms with E-state index in [2.05, 4.69) is 44.0 Å². The molecule has 1 aliphatic heterocycles. The number of fused-ring (bicyclic) bond motifs is 1. The number of benzene rings is 1. The Morgan fingerprint density at radius 3 is 2.78 bits per heavy atom. The van der Waals surface area contributed by atoms with E-state index in [9.17, 15) is 0 Å². The van der Waals surface area contributed by atoms with Gasteiger partial charge in [-0.3, -0.25) is 0 Å². The van der Waals surface area contributed by atoms with Gasteiger partial charge in [0.25, 0.3) is 0 Å². The lowest BCUT2D eigenvalue weighted by Crippen LogP contribution is -2.23. The third kappa shape index (κ3) is 1.87. The normalized spacial score (nSPS) is 17.2. The van der Waals surface area contributed by atoms with Crippen LogP contribution in [0.25, 0.3) is 16.3 Å². The zero-order valence-corrected chi connectivity index (χ0v) is 11.3. The average Bonchev–Trinajstić information content (AvgIpc) is 2.74. The van der Waals surface area contributed by atoms with Crippen molar-refractivity contribution < 1.29 is 4.42 Å². The summed E-state index contributed by atoms with van der Waals surface area (Å²) in [4.78, 5) is 2.33. The summed E-state index contributed by atoms with van der Waals surface area (Å²) in [6.45, 7) is 6.43. The molecule has 0 aliphatic carbocycles. The molecule has 1 aromatic carbocycles. The van der Waals surface area contributed by atoms with Crippen molar-refractivity contribution in [1.82, 2.24) is 4.90 Å². The fourth-order valence-corrected chi connectivity index (χ4v) is 2.80. The highest BCUT2D eigenvalue weighted by molar-refractivity contribution is 5.94. The lowest BCUT2D eigenvalue weighted by molar-refractivity contribution is 0.367. The first-order chi connectivity index (χ1) is 8.65. The monoisotopic (exact) mass is 241 g/mol. The van der Waals surface area contributed by atoms with Crippen LogP contribution in [0, 0.1) is 13.8 Å². The van der Waals surface area contributed by atoms with Crippen LogP contribution in [0.3, 0.4) is 0 Å². The number of hydrogen-bond acceptors (Lipinski definition) is 2. The Labute approximate surface area is 108 Å². The molecule has 18 heavy (non-hydrogen) atoms. The van der Waals surface area contributed by atoms with Crippen molar-refractivity contribution in [2.75, 3.05) is 20.1 Å². The second-order valence-electron chi connectivity index (χ2n) is 5.35. The highest BCUT2D eigenvalue weighted by atomic mass is 16.3. The number of likely N-dealkylation sites (N-methyl/N-ethyl adjacent to an activating group) is 1. The first kappa shape index (κ1) is 11.5. The minimum atomic E-state index is 1.02. The molecule has 2 nitrogen and oxygen atoms in total. The smallest absolute Gasteiger partial charge is 0.137 e. The number of hydrogen-bond donors (Lipinski definition) is 0. The third-order valence-corrected chi connectivity index (χ3v) is 3.75. The topological polar surface area (TPSA) is 16.4 Å². The van der Waals surface area contributed by atoms with Crippen molar-refractivity contribution in [3.63, 3.8) is 0 Å². The number of furan rings is 1. The first-order valence-electron chi connectivity index (χ1n) is 6.51. The van der Waals surface area contributed by atoms with E-state index in [1.165, 1.54) is 27.5 Å². The van der Waals surface area contributed by atoms with Crippen molar-refractivity contribution in [2.45, 2.75) is 20.3 Å². The molecular weight excluding hydrogens is 222 g/mol. The van der Waals surface area contributed by atoms with Crippen molar-refractivity contribution >= 4 is 16.3 Å². The Morgan fingerprint density at radius 1 is 1.22 bits per heavy atom. The molecule has 0 N–H and O–H groups in total. The van der Waals surface area contributed by atoms with Crippen LogP contribution in [0.4, 0.5) is 0 Å². The van der Waals surface area contributed by atoms with E-state index < -0.39 is 0 Å². The molecule has 3 rings (SSSR count). The zero-order chi connectivity index (χ0) is 12.7. The van der Waals surface area contributed by atoms with Crippen LogP contribution in [0.2, 0.25) is 0 Å². The Hall–Kier alpha value is -1.54. The van der Waals surface area contributed by atoms with Crippen LogP contribution in [-0.4, -0.2) is 25.0 Å². The van der Waals surface area contributed by atoms with Gasteiger partial charge in [-0.1, -0.05) is 17.7 Å². The highest BCUT2D eigenvalue weighted by Gasteiger charge is 2.16. The van der Waals surface area contributed by atoms with Gasteiger partial charge in [0.2, 0.25) is 0 Å². The van der Waals surface area contributed by atoms with E-state index >= 15 is 0 Å². The summed E-state index contributed by atoms with van der Waals surface area (Å²) in [5.74, 6) is 1.08. The minimum Gasteiger partial charge on any atom is -0.463 e. The highest BCUT2D eigenvalue weighted by Crippen LogP contribution is 2.33. The molecule has 0 radical (unpaired) electrons. The maximum absolute atomic E-state index is 5.84. The van der Waals surface area contributed by atoms with Gasteiger partial charge in [0, 0.05) is 23.9 Å². The van der Waals surface area contributed by atoms with Gasteiger partial charge in [-0.05, 0) is 44.5 Å². The maximum Gasteiger partial charge on any atom is 0.137 e. The van der Waals surface area contributed by atoms with E-state index in [0.29, 0.717) is 0 Å². The van der Waals surface area contributed by atoms with Crippen LogP contribution >= 0.6 is 0 Å². The van der Waals surface area contributed by atoms with Gasteiger partial charge in [0.1, 0.15) is 5.76 Å². The molecular formula is C16H19NO. The largest absolute Gasteiger partial charge is 0.463 e. The molecule has 2 heteroatoms. The van der Waals surface area contributed by atoms with Crippen LogP contribution < -0.4 is 0 Å². The molecule has 0 amide bonds. The van der Waals surface area contributed by atoms with E-state index in [1.54, 1.807) is 0 Å². The van der Waals surface area contributed by atoms with E-state index in [4.69, 9.17) is 4.42 Å². The van der Waals surface area contributed by atoms with E-state index in [1.807, 2.05) is 6.26 Å². The molecule has 94 valence electrons. The Bertz CT molecular complexity index is 621. The Balaban J connectivity index is 2.13. The summed E-state index contributed by atoms with van der Waals surface area (Å²) in [6.07, 6.45) is 5.26. The summed E-state index contributed by atoms with van der Waals surface area (Å²) in [7, 11) is 2.15. The van der Waals surface area contributed by atoms with Gasteiger partial charge in [-0.15, -0.1) is 0 Å². The molecule has 0 unspecified atom stereocenters. The molecule has 0 fully saturated rings. The quantitative estimate of drug-likeness (QED) is 0.755. The van der Waals surface area contributed by atoms with Crippen molar-refractivity contribution in [2.24, 2.45) is 0 Å². The minimum absolute atomic E-state index is 1.02. The lowest BCUT2D eigenvalue weighted by atomic mass is 9.98. The molecule has 0 spiro atoms. The summed E-state index contributed by atoms with van der Waals surface area (Å²) >= 11 is 0. The number of rotatable bonds is 1. The molecule has 0 atom stereocenters. The second kappa shape index (κ2) is 4.29. The van der Waals surface area contributed by atoms with Crippen molar-refractivity contribution in [3.8, 4) is 0 Å². The van der Waals surface area contributed by atoms with Gasteiger partial charge < -0.3 is 9.32 Å². The fraction of sp³-hybridized carbons (Fsp3) is 0.375. The molecule has 2 heterocycles. The lowest BCUT2D eigenvalue weighted by Gasteiger charge is -2.21. The Morgan fingerprint density at radius 2 is 2.06 bits per heavy atom. The number of aryl methyl sites for hydroxylation is 2. The van der Waals surface area contributed by atoms with E-state index in [0.717, 1.165) is 25.3 Å². The summed E-state index contributed by atoms with van der Waals surface area (Å²) in [5.41, 5.74) is 3.97. The van der Waals surface area contributed by atoms with Gasteiger partial charge in [0.15, 0.2) is 0 Å². The van der Waals surface area contributed by atoms with Crippen LogP contribution in [0.5, 0.6) is 0 Å². The van der Waals surface area contributed by atoms with Crippen molar-refractivity contribution in [3.05, 3.63) is 41.4 Å². The van der Waals surface area contributed by atoms with Crippen LogP contribution in [0.15, 0.2) is 28.9 Å². The molecule has 0 saturated carbocycles. The van der Waals surface area contributed by atoms with Gasteiger partial charge >= 0.3 is 0 Å². The Kier molecular flexibility index (Phi) is 2.75. The predicted molar refractivity (Wildman–Crippen MR) is 75.8 cm³/mol. The van der Waals surface area contributed by atoms with E-state index in [-0.39, 0.29) is 0 Å². The van der Waals surface area contributed by atoms with Gasteiger partial charge in [-0.2, -0.15) is 0 Å². The molecule has 1 aliphatic rings. The first-order valence-corrected chi connectivity index (χ1v) is 6.51. The summed E-state index contributed by atoms with van der Waals surface area (Å²) in [5, 5.41) is 2.51. The van der Waals surface area contributed by atoms with Crippen LogP contribution in [-0.2, 0) is 0 Å². The molecule has 0 saturated heterocycles. The summed E-state index contributed by atoms with van der Waals surface area (Å²) in [6, 6.07) is 4.43. The fourth-order valence-electron chi connectivity index (χ4n) is 2.80. The van der Waals surface area contributed by atoms with Gasteiger partial charge in [0.05, 0.1) is 6.26 Å². The van der Waals surface area contributed by atoms with Crippen molar-refractivity contribution in [1.29, 1.82) is 0 Å². The third-order valence-electron chi connectivity index (χ3n) is 3.75. The molecule has 0 bridgehead atoms.